The first-order valence-corrected chi connectivity index (χ1v) is 6.52. The fraction of sp³-hybridized carbons (Fsp3) is 1.00. The van der Waals surface area contributed by atoms with Gasteiger partial charge in [-0.1, -0.05) is 19.3 Å². The lowest BCUT2D eigenvalue weighted by Crippen LogP contribution is -2.45. The summed E-state index contributed by atoms with van der Waals surface area (Å²) < 4.78 is 11.9. The molecule has 0 atom stereocenters. The van der Waals surface area contributed by atoms with Crippen molar-refractivity contribution in [1.29, 1.82) is 0 Å². The van der Waals surface area contributed by atoms with Gasteiger partial charge in [-0.3, -0.25) is 0 Å². The highest BCUT2D eigenvalue weighted by atomic mass is 16.7. The van der Waals surface area contributed by atoms with E-state index in [1.54, 1.807) is 0 Å². The summed E-state index contributed by atoms with van der Waals surface area (Å²) in [6, 6.07) is 0.573. The molecule has 0 aromatic heterocycles. The molecule has 1 saturated carbocycles. The summed E-state index contributed by atoms with van der Waals surface area (Å²) in [5.41, 5.74) is -0.446. The van der Waals surface area contributed by atoms with E-state index >= 15 is 0 Å². The van der Waals surface area contributed by atoms with Crippen LogP contribution in [0, 0.1) is 0 Å². The number of hydrogen-bond donors (Lipinski definition) is 1. The SMILES string of the molecule is CC1(C)OB(NC2CCCCC2)OC1(C)C. The van der Waals surface area contributed by atoms with Gasteiger partial charge in [0.2, 0.25) is 0 Å². The molecule has 0 aromatic rings. The molecular formula is C12H24BNO2. The number of rotatable bonds is 2. The zero-order chi connectivity index (χ0) is 11.8. The Bertz CT molecular complexity index is 233. The molecule has 0 amide bonds. The zero-order valence-electron chi connectivity index (χ0n) is 11.0. The van der Waals surface area contributed by atoms with Gasteiger partial charge in [0.15, 0.2) is 0 Å². The van der Waals surface area contributed by atoms with Gasteiger partial charge in [-0.15, -0.1) is 0 Å². The molecule has 0 radical (unpaired) electrons. The smallest absolute Gasteiger partial charge is 0.389 e. The van der Waals surface area contributed by atoms with Crippen molar-refractivity contribution in [2.75, 3.05) is 0 Å². The van der Waals surface area contributed by atoms with Gasteiger partial charge in [-0.25, -0.2) is 0 Å². The van der Waals surface area contributed by atoms with E-state index in [0.29, 0.717) is 6.04 Å². The summed E-state index contributed by atoms with van der Waals surface area (Å²) in [6.07, 6.45) is 6.55. The molecule has 1 heterocycles. The molecule has 1 aliphatic heterocycles. The maximum absolute atomic E-state index is 5.93. The summed E-state index contributed by atoms with van der Waals surface area (Å²) in [6.45, 7) is 8.37. The van der Waals surface area contributed by atoms with Crippen LogP contribution < -0.4 is 5.23 Å². The predicted octanol–water partition coefficient (Wildman–Crippen LogP) is 2.50. The highest BCUT2D eigenvalue weighted by Crippen LogP contribution is 2.36. The van der Waals surface area contributed by atoms with E-state index in [1.165, 1.54) is 32.1 Å². The first-order chi connectivity index (χ1) is 7.41. The minimum Gasteiger partial charge on any atom is -0.389 e. The van der Waals surface area contributed by atoms with Crippen LogP contribution in [0.25, 0.3) is 0 Å². The lowest BCUT2D eigenvalue weighted by atomic mass is 9.90. The van der Waals surface area contributed by atoms with Crippen LogP contribution in [-0.4, -0.2) is 24.5 Å². The Hall–Kier alpha value is -0.0551. The third-order valence-corrected chi connectivity index (χ3v) is 4.23. The quantitative estimate of drug-likeness (QED) is 0.732. The van der Waals surface area contributed by atoms with E-state index in [-0.39, 0.29) is 18.5 Å². The molecule has 1 N–H and O–H groups in total. The first kappa shape index (κ1) is 12.4. The first-order valence-electron chi connectivity index (χ1n) is 6.52. The van der Waals surface area contributed by atoms with Crippen molar-refractivity contribution >= 4 is 7.25 Å². The van der Waals surface area contributed by atoms with Gasteiger partial charge < -0.3 is 14.5 Å². The summed E-state index contributed by atoms with van der Waals surface area (Å²) in [5.74, 6) is 0. The standard InChI is InChI=1S/C12H24BNO2/c1-11(2)12(3,4)16-13(15-11)14-10-8-6-5-7-9-10/h10,14H,5-9H2,1-4H3. The van der Waals surface area contributed by atoms with Gasteiger partial charge in [-0.2, -0.15) is 0 Å². The second-order valence-electron chi connectivity index (χ2n) is 6.09. The van der Waals surface area contributed by atoms with Crippen molar-refractivity contribution in [3.8, 4) is 0 Å². The van der Waals surface area contributed by atoms with E-state index in [9.17, 15) is 0 Å². The van der Waals surface area contributed by atoms with Crippen LogP contribution in [0.4, 0.5) is 0 Å². The van der Waals surface area contributed by atoms with Crippen molar-refractivity contribution in [3.63, 3.8) is 0 Å². The molecule has 1 aliphatic carbocycles. The van der Waals surface area contributed by atoms with E-state index in [1.807, 2.05) is 0 Å². The van der Waals surface area contributed by atoms with Crippen molar-refractivity contribution < 1.29 is 9.31 Å². The minimum atomic E-state index is -0.229. The van der Waals surface area contributed by atoms with Crippen molar-refractivity contribution in [2.45, 2.75) is 77.0 Å². The molecular weight excluding hydrogens is 201 g/mol. The normalized spacial score (nSPS) is 29.6. The van der Waals surface area contributed by atoms with Crippen LogP contribution in [0.1, 0.15) is 59.8 Å². The molecule has 3 nitrogen and oxygen atoms in total. The van der Waals surface area contributed by atoms with Crippen molar-refractivity contribution in [2.24, 2.45) is 0 Å². The monoisotopic (exact) mass is 225 g/mol. The topological polar surface area (TPSA) is 30.5 Å². The van der Waals surface area contributed by atoms with Gasteiger partial charge in [0.25, 0.3) is 0 Å². The van der Waals surface area contributed by atoms with Gasteiger partial charge in [0.1, 0.15) is 0 Å². The van der Waals surface area contributed by atoms with Gasteiger partial charge in [0, 0.05) is 6.04 Å². The largest absolute Gasteiger partial charge is 0.555 e. The van der Waals surface area contributed by atoms with Crippen LogP contribution in [0.2, 0.25) is 0 Å². The van der Waals surface area contributed by atoms with Crippen molar-refractivity contribution in [1.82, 2.24) is 5.23 Å². The maximum Gasteiger partial charge on any atom is 0.555 e. The Morgan fingerprint density at radius 1 is 0.938 bits per heavy atom. The average molecular weight is 225 g/mol. The molecule has 0 aromatic carbocycles. The van der Waals surface area contributed by atoms with Crippen LogP contribution in [0.3, 0.4) is 0 Å². The maximum atomic E-state index is 5.93. The number of nitrogens with one attached hydrogen (secondary N) is 1. The lowest BCUT2D eigenvalue weighted by molar-refractivity contribution is 0.00578. The summed E-state index contributed by atoms with van der Waals surface area (Å²) in [5, 5.41) is 3.48. The van der Waals surface area contributed by atoms with Crippen LogP contribution in [-0.2, 0) is 9.31 Å². The Morgan fingerprint density at radius 3 is 1.94 bits per heavy atom. The molecule has 4 heteroatoms. The minimum absolute atomic E-state index is 0.223. The molecule has 2 aliphatic rings. The van der Waals surface area contributed by atoms with E-state index < -0.39 is 0 Å². The van der Waals surface area contributed by atoms with E-state index in [0.717, 1.165) is 0 Å². The average Bonchev–Trinajstić information content (AvgIpc) is 2.36. The fourth-order valence-corrected chi connectivity index (χ4v) is 2.37. The van der Waals surface area contributed by atoms with Crippen molar-refractivity contribution in [3.05, 3.63) is 0 Å². The van der Waals surface area contributed by atoms with Crippen LogP contribution in [0.5, 0.6) is 0 Å². The summed E-state index contributed by atoms with van der Waals surface area (Å²) >= 11 is 0. The molecule has 1 saturated heterocycles. The van der Waals surface area contributed by atoms with Crippen LogP contribution >= 0.6 is 0 Å². The molecule has 0 unspecified atom stereocenters. The number of hydrogen-bond acceptors (Lipinski definition) is 3. The summed E-state index contributed by atoms with van der Waals surface area (Å²) in [4.78, 5) is 0. The Morgan fingerprint density at radius 2 is 1.44 bits per heavy atom. The molecule has 0 spiro atoms. The molecule has 2 fully saturated rings. The molecule has 92 valence electrons. The van der Waals surface area contributed by atoms with Gasteiger partial charge in [-0.05, 0) is 40.5 Å². The van der Waals surface area contributed by atoms with Gasteiger partial charge in [0.05, 0.1) is 11.2 Å². The Kier molecular flexibility index (Phi) is 3.35. The second kappa shape index (κ2) is 4.32. The Balaban J connectivity index is 1.88. The van der Waals surface area contributed by atoms with E-state index in [2.05, 4.69) is 32.9 Å². The third kappa shape index (κ3) is 2.44. The third-order valence-electron chi connectivity index (χ3n) is 4.23. The zero-order valence-corrected chi connectivity index (χ0v) is 11.0. The lowest BCUT2D eigenvalue weighted by Gasteiger charge is -2.32. The Labute approximate surface area is 99.4 Å². The molecule has 0 bridgehead atoms. The predicted molar refractivity (Wildman–Crippen MR) is 66.1 cm³/mol. The second-order valence-corrected chi connectivity index (χ2v) is 6.09. The fourth-order valence-electron chi connectivity index (χ4n) is 2.37. The van der Waals surface area contributed by atoms with Gasteiger partial charge >= 0.3 is 7.25 Å². The highest BCUT2D eigenvalue weighted by molar-refractivity contribution is 6.42. The molecule has 16 heavy (non-hydrogen) atoms. The van der Waals surface area contributed by atoms with E-state index in [4.69, 9.17) is 9.31 Å². The highest BCUT2D eigenvalue weighted by Gasteiger charge is 2.52. The molecule has 2 rings (SSSR count). The summed E-state index contributed by atoms with van der Waals surface area (Å²) in [7, 11) is -0.229. The van der Waals surface area contributed by atoms with Crippen LogP contribution in [0.15, 0.2) is 0 Å².